The molecule has 0 heterocycles. The SMILES string of the molecule is CCCC[C@H](NC(=O)c1c(F)cccc1F)C(=O)O. The molecule has 1 aromatic carbocycles. The molecule has 1 atom stereocenters. The standard InChI is InChI=1S/C13H15F2NO3/c1-2-3-7-10(13(18)19)16-12(17)11-8(14)5-4-6-9(11)15/h4-6,10H,2-3,7H2,1H3,(H,16,17)(H,18,19)/t10-/m0/s1. The number of halogens is 2. The summed E-state index contributed by atoms with van der Waals surface area (Å²) >= 11 is 0. The van der Waals surface area contributed by atoms with Crippen LogP contribution in [0.3, 0.4) is 0 Å². The number of aliphatic carboxylic acids is 1. The maximum absolute atomic E-state index is 13.4. The molecule has 0 aromatic heterocycles. The molecule has 0 aliphatic rings. The second-order valence-electron chi connectivity index (χ2n) is 4.10. The molecule has 0 saturated carbocycles. The molecule has 0 aliphatic carbocycles. The number of amides is 1. The zero-order valence-electron chi connectivity index (χ0n) is 10.5. The van der Waals surface area contributed by atoms with Gasteiger partial charge in [0.25, 0.3) is 5.91 Å². The van der Waals surface area contributed by atoms with Crippen LogP contribution in [0, 0.1) is 11.6 Å². The third-order valence-electron chi connectivity index (χ3n) is 2.64. The third-order valence-corrected chi connectivity index (χ3v) is 2.64. The zero-order chi connectivity index (χ0) is 14.4. The first-order valence-electron chi connectivity index (χ1n) is 5.95. The zero-order valence-corrected chi connectivity index (χ0v) is 10.5. The Hall–Kier alpha value is -1.98. The van der Waals surface area contributed by atoms with Crippen LogP contribution in [0.1, 0.15) is 36.5 Å². The quantitative estimate of drug-likeness (QED) is 0.834. The highest BCUT2D eigenvalue weighted by atomic mass is 19.1. The van der Waals surface area contributed by atoms with Gasteiger partial charge in [-0.15, -0.1) is 0 Å². The molecule has 0 unspecified atom stereocenters. The minimum absolute atomic E-state index is 0.216. The number of carboxylic acid groups (broad SMARTS) is 1. The Morgan fingerprint density at radius 2 is 1.89 bits per heavy atom. The Morgan fingerprint density at radius 3 is 2.37 bits per heavy atom. The highest BCUT2D eigenvalue weighted by Gasteiger charge is 2.23. The molecule has 0 saturated heterocycles. The van der Waals surface area contributed by atoms with Crippen LogP contribution in [0.5, 0.6) is 0 Å². The van der Waals surface area contributed by atoms with E-state index in [1.807, 2.05) is 6.92 Å². The fourth-order valence-electron chi connectivity index (χ4n) is 1.61. The van der Waals surface area contributed by atoms with E-state index in [0.717, 1.165) is 24.6 Å². The summed E-state index contributed by atoms with van der Waals surface area (Å²) < 4.78 is 26.7. The van der Waals surface area contributed by atoms with Gasteiger partial charge in [-0.25, -0.2) is 13.6 Å². The van der Waals surface area contributed by atoms with Crippen molar-refractivity contribution in [1.82, 2.24) is 5.32 Å². The molecule has 1 amide bonds. The topological polar surface area (TPSA) is 66.4 Å². The molecule has 0 fully saturated rings. The molecule has 6 heteroatoms. The maximum atomic E-state index is 13.4. The third kappa shape index (κ3) is 4.01. The van der Waals surface area contributed by atoms with Crippen LogP contribution >= 0.6 is 0 Å². The van der Waals surface area contributed by atoms with Gasteiger partial charge >= 0.3 is 5.97 Å². The smallest absolute Gasteiger partial charge is 0.326 e. The largest absolute Gasteiger partial charge is 0.480 e. The number of hydrogen-bond acceptors (Lipinski definition) is 2. The van der Waals surface area contributed by atoms with Gasteiger partial charge in [0, 0.05) is 0 Å². The minimum Gasteiger partial charge on any atom is -0.480 e. The summed E-state index contributed by atoms with van der Waals surface area (Å²) in [6, 6.07) is 1.87. The van der Waals surface area contributed by atoms with Crippen LogP contribution < -0.4 is 5.32 Å². The van der Waals surface area contributed by atoms with E-state index >= 15 is 0 Å². The Balaban J connectivity index is 2.85. The lowest BCUT2D eigenvalue weighted by Crippen LogP contribution is -2.41. The van der Waals surface area contributed by atoms with Crippen LogP contribution in [0.4, 0.5) is 8.78 Å². The number of unbranched alkanes of at least 4 members (excludes halogenated alkanes) is 1. The van der Waals surface area contributed by atoms with Crippen LogP contribution in [0.2, 0.25) is 0 Å². The van der Waals surface area contributed by atoms with E-state index in [1.54, 1.807) is 0 Å². The fourth-order valence-corrected chi connectivity index (χ4v) is 1.61. The van der Waals surface area contributed by atoms with Gasteiger partial charge in [-0.05, 0) is 18.6 Å². The molecule has 0 aliphatic heterocycles. The van der Waals surface area contributed by atoms with E-state index < -0.39 is 35.1 Å². The van der Waals surface area contributed by atoms with Crippen molar-refractivity contribution in [2.45, 2.75) is 32.2 Å². The number of benzene rings is 1. The molecule has 0 spiro atoms. The molecule has 0 radical (unpaired) electrons. The van der Waals surface area contributed by atoms with Crippen molar-refractivity contribution < 1.29 is 23.5 Å². The molecule has 2 N–H and O–H groups in total. The highest BCUT2D eigenvalue weighted by Crippen LogP contribution is 2.12. The number of carbonyl (C=O) groups excluding carboxylic acids is 1. The van der Waals surface area contributed by atoms with Gasteiger partial charge in [0.15, 0.2) is 0 Å². The van der Waals surface area contributed by atoms with Gasteiger partial charge < -0.3 is 10.4 Å². The predicted octanol–water partition coefficient (Wildman–Crippen LogP) is 2.34. The van der Waals surface area contributed by atoms with Crippen molar-refractivity contribution >= 4 is 11.9 Å². The van der Waals surface area contributed by atoms with E-state index in [1.165, 1.54) is 0 Å². The van der Waals surface area contributed by atoms with E-state index in [-0.39, 0.29) is 6.42 Å². The van der Waals surface area contributed by atoms with Gasteiger partial charge in [0.05, 0.1) is 0 Å². The lowest BCUT2D eigenvalue weighted by atomic mass is 10.1. The first-order chi connectivity index (χ1) is 8.97. The molecule has 104 valence electrons. The van der Waals surface area contributed by atoms with Gasteiger partial charge in [-0.1, -0.05) is 25.8 Å². The lowest BCUT2D eigenvalue weighted by molar-refractivity contribution is -0.139. The first kappa shape index (κ1) is 15.1. The summed E-state index contributed by atoms with van der Waals surface area (Å²) in [5.41, 5.74) is -0.759. The molecular formula is C13H15F2NO3. The second-order valence-corrected chi connectivity index (χ2v) is 4.10. The van der Waals surface area contributed by atoms with E-state index in [4.69, 9.17) is 5.11 Å². The van der Waals surface area contributed by atoms with Crippen LogP contribution in [-0.4, -0.2) is 23.0 Å². The molecular weight excluding hydrogens is 256 g/mol. The van der Waals surface area contributed by atoms with Crippen molar-refractivity contribution in [1.29, 1.82) is 0 Å². The Labute approximate surface area is 109 Å². The Bertz CT molecular complexity index is 457. The van der Waals surface area contributed by atoms with Crippen molar-refractivity contribution in [3.8, 4) is 0 Å². The number of nitrogens with one attached hydrogen (secondary N) is 1. The number of carbonyl (C=O) groups is 2. The molecule has 1 rings (SSSR count). The summed E-state index contributed by atoms with van der Waals surface area (Å²) in [5, 5.41) is 11.1. The average molecular weight is 271 g/mol. The predicted molar refractivity (Wildman–Crippen MR) is 64.8 cm³/mol. The number of hydrogen-bond donors (Lipinski definition) is 2. The normalized spacial score (nSPS) is 11.9. The molecule has 4 nitrogen and oxygen atoms in total. The summed E-state index contributed by atoms with van der Waals surface area (Å²) in [6.45, 7) is 1.87. The van der Waals surface area contributed by atoms with Crippen molar-refractivity contribution in [2.75, 3.05) is 0 Å². The average Bonchev–Trinajstić information content (AvgIpc) is 2.33. The van der Waals surface area contributed by atoms with Crippen molar-refractivity contribution in [3.05, 3.63) is 35.4 Å². The molecule has 1 aromatic rings. The van der Waals surface area contributed by atoms with Gasteiger partial charge in [-0.3, -0.25) is 4.79 Å². The molecule has 19 heavy (non-hydrogen) atoms. The van der Waals surface area contributed by atoms with E-state index in [0.29, 0.717) is 6.42 Å². The lowest BCUT2D eigenvalue weighted by Gasteiger charge is -2.14. The summed E-state index contributed by atoms with van der Waals surface area (Å²) in [6.07, 6.45) is 1.57. The summed E-state index contributed by atoms with van der Waals surface area (Å²) in [5.74, 6) is -4.31. The fraction of sp³-hybridized carbons (Fsp3) is 0.385. The van der Waals surface area contributed by atoms with Gasteiger partial charge in [-0.2, -0.15) is 0 Å². The highest BCUT2D eigenvalue weighted by molar-refractivity contribution is 5.97. The van der Waals surface area contributed by atoms with Crippen molar-refractivity contribution in [3.63, 3.8) is 0 Å². The number of rotatable bonds is 6. The van der Waals surface area contributed by atoms with E-state index in [2.05, 4.69) is 5.32 Å². The molecule has 0 bridgehead atoms. The Kier molecular flexibility index (Phi) is 5.41. The first-order valence-corrected chi connectivity index (χ1v) is 5.95. The van der Waals surface area contributed by atoms with E-state index in [9.17, 15) is 18.4 Å². The van der Waals surface area contributed by atoms with Crippen molar-refractivity contribution in [2.24, 2.45) is 0 Å². The maximum Gasteiger partial charge on any atom is 0.326 e. The minimum atomic E-state index is -1.22. The van der Waals surface area contributed by atoms with Gasteiger partial charge in [0.1, 0.15) is 23.2 Å². The van der Waals surface area contributed by atoms with Crippen LogP contribution in [0.15, 0.2) is 18.2 Å². The Morgan fingerprint density at radius 1 is 1.32 bits per heavy atom. The summed E-state index contributed by atoms with van der Waals surface area (Å²) in [4.78, 5) is 22.6. The monoisotopic (exact) mass is 271 g/mol. The van der Waals surface area contributed by atoms with Crippen LogP contribution in [-0.2, 0) is 4.79 Å². The van der Waals surface area contributed by atoms with Gasteiger partial charge in [0.2, 0.25) is 0 Å². The van der Waals surface area contributed by atoms with Crippen LogP contribution in [0.25, 0.3) is 0 Å². The second kappa shape index (κ2) is 6.82. The summed E-state index contributed by atoms with van der Waals surface area (Å²) in [7, 11) is 0. The number of carboxylic acids is 1.